The molecule has 0 aliphatic heterocycles. The van der Waals surface area contributed by atoms with Crippen LogP contribution in [0.3, 0.4) is 0 Å². The van der Waals surface area contributed by atoms with E-state index < -0.39 is 5.97 Å². The van der Waals surface area contributed by atoms with Gasteiger partial charge in [0.25, 0.3) is 0 Å². The van der Waals surface area contributed by atoms with Crippen LogP contribution in [0.2, 0.25) is 0 Å². The number of aromatic nitrogens is 2. The number of rotatable bonds is 3. The molecule has 1 saturated carbocycles. The molecule has 5 heteroatoms. The Morgan fingerprint density at radius 1 is 1.50 bits per heavy atom. The van der Waals surface area contributed by atoms with Gasteiger partial charge in [-0.05, 0) is 24.3 Å². The zero-order valence-corrected chi connectivity index (χ0v) is 9.14. The Balaban J connectivity index is 2.46. The molecule has 0 saturated heterocycles. The highest BCUT2D eigenvalue weighted by Gasteiger charge is 2.26. The van der Waals surface area contributed by atoms with E-state index in [1.807, 2.05) is 0 Å². The number of hydrogen-bond donors (Lipinski definition) is 1. The molecule has 1 fully saturated rings. The normalized spacial score (nSPS) is 16.3. The number of carbonyl (C=O) groups is 1. The van der Waals surface area contributed by atoms with Crippen LogP contribution >= 0.6 is 0 Å². The topological polar surface area (TPSA) is 72.3 Å². The molecule has 2 rings (SSSR count). The van der Waals surface area contributed by atoms with Gasteiger partial charge in [0, 0.05) is 0 Å². The van der Waals surface area contributed by atoms with Gasteiger partial charge in [-0.3, -0.25) is 0 Å². The van der Waals surface area contributed by atoms with Crippen molar-refractivity contribution in [2.24, 2.45) is 0 Å². The predicted octanol–water partition coefficient (Wildman–Crippen LogP) is 1.84. The van der Waals surface area contributed by atoms with Gasteiger partial charge in [-0.15, -0.1) is 5.10 Å². The van der Waals surface area contributed by atoms with Crippen LogP contribution < -0.4 is 4.74 Å². The number of carboxylic acid groups (broad SMARTS) is 1. The van der Waals surface area contributed by atoms with E-state index in [0.717, 1.165) is 31.2 Å². The fraction of sp³-hybridized carbons (Fsp3) is 0.545. The molecule has 0 atom stereocenters. The third-order valence-electron chi connectivity index (χ3n) is 3.05. The van der Waals surface area contributed by atoms with Crippen molar-refractivity contribution < 1.29 is 14.6 Å². The van der Waals surface area contributed by atoms with Crippen LogP contribution in [-0.4, -0.2) is 28.4 Å². The van der Waals surface area contributed by atoms with Gasteiger partial charge in [-0.25, -0.2) is 4.79 Å². The monoisotopic (exact) mass is 222 g/mol. The fourth-order valence-corrected chi connectivity index (χ4v) is 2.29. The van der Waals surface area contributed by atoms with E-state index in [9.17, 15) is 9.90 Å². The Labute approximate surface area is 93.5 Å². The van der Waals surface area contributed by atoms with Gasteiger partial charge >= 0.3 is 5.97 Å². The van der Waals surface area contributed by atoms with Crippen molar-refractivity contribution in [3.05, 3.63) is 17.3 Å². The van der Waals surface area contributed by atoms with Crippen LogP contribution in [0.5, 0.6) is 5.88 Å². The number of hydrogen-bond acceptors (Lipinski definition) is 4. The first-order valence-corrected chi connectivity index (χ1v) is 5.37. The summed E-state index contributed by atoms with van der Waals surface area (Å²) in [6, 6.07) is 0. The maximum Gasteiger partial charge on any atom is 0.341 e. The minimum Gasteiger partial charge on any atom is -0.479 e. The molecule has 0 aromatic carbocycles. The second kappa shape index (κ2) is 4.47. The summed E-state index contributed by atoms with van der Waals surface area (Å²) in [5.41, 5.74) is 0.932. The van der Waals surface area contributed by atoms with Gasteiger partial charge in [0.05, 0.1) is 13.3 Å². The first-order chi connectivity index (χ1) is 7.74. The zero-order chi connectivity index (χ0) is 11.5. The van der Waals surface area contributed by atoms with Gasteiger partial charge in [0.15, 0.2) is 0 Å². The van der Waals surface area contributed by atoms with E-state index in [4.69, 9.17) is 4.74 Å². The van der Waals surface area contributed by atoms with E-state index >= 15 is 0 Å². The number of carboxylic acids is 1. The number of methoxy groups -OCH3 is 1. The van der Waals surface area contributed by atoms with Crippen LogP contribution in [0, 0.1) is 0 Å². The minimum atomic E-state index is -0.992. The average molecular weight is 222 g/mol. The highest BCUT2D eigenvalue weighted by atomic mass is 16.5. The molecule has 1 aliphatic carbocycles. The molecule has 0 bridgehead atoms. The van der Waals surface area contributed by atoms with E-state index in [1.165, 1.54) is 7.11 Å². The van der Waals surface area contributed by atoms with E-state index in [-0.39, 0.29) is 17.4 Å². The van der Waals surface area contributed by atoms with Gasteiger partial charge < -0.3 is 9.84 Å². The minimum absolute atomic E-state index is 0.108. The predicted molar refractivity (Wildman–Crippen MR) is 56.8 cm³/mol. The van der Waals surface area contributed by atoms with Crippen LogP contribution in [0.15, 0.2) is 6.20 Å². The Bertz CT molecular complexity index is 400. The Morgan fingerprint density at radius 2 is 2.19 bits per heavy atom. The van der Waals surface area contributed by atoms with Crippen molar-refractivity contribution in [1.82, 2.24) is 10.2 Å². The summed E-state index contributed by atoms with van der Waals surface area (Å²) in [7, 11) is 1.41. The first kappa shape index (κ1) is 10.9. The van der Waals surface area contributed by atoms with Crippen LogP contribution in [-0.2, 0) is 0 Å². The number of ether oxygens (including phenoxy) is 1. The summed E-state index contributed by atoms with van der Waals surface area (Å²) >= 11 is 0. The molecule has 16 heavy (non-hydrogen) atoms. The van der Waals surface area contributed by atoms with Gasteiger partial charge in [-0.1, -0.05) is 12.8 Å². The lowest BCUT2D eigenvalue weighted by Crippen LogP contribution is -2.10. The van der Waals surface area contributed by atoms with Crippen molar-refractivity contribution in [2.75, 3.05) is 7.11 Å². The lowest BCUT2D eigenvalue weighted by atomic mass is 9.95. The van der Waals surface area contributed by atoms with Crippen LogP contribution in [0.1, 0.15) is 47.5 Å². The van der Waals surface area contributed by atoms with Gasteiger partial charge in [0.1, 0.15) is 5.56 Å². The molecule has 86 valence electrons. The lowest BCUT2D eigenvalue weighted by Gasteiger charge is -2.13. The molecule has 1 N–H and O–H groups in total. The summed E-state index contributed by atoms with van der Waals surface area (Å²) in [6.45, 7) is 0. The van der Waals surface area contributed by atoms with Crippen molar-refractivity contribution in [2.45, 2.75) is 31.6 Å². The molecule has 1 aliphatic rings. The highest BCUT2D eigenvalue weighted by molar-refractivity contribution is 5.92. The number of aromatic carboxylic acids is 1. The van der Waals surface area contributed by atoms with E-state index in [1.54, 1.807) is 6.20 Å². The van der Waals surface area contributed by atoms with Gasteiger partial charge in [-0.2, -0.15) is 5.10 Å². The summed E-state index contributed by atoms with van der Waals surface area (Å²) in [5, 5.41) is 16.7. The maximum atomic E-state index is 11.2. The van der Waals surface area contributed by atoms with Gasteiger partial charge in [0.2, 0.25) is 5.88 Å². The fourth-order valence-electron chi connectivity index (χ4n) is 2.29. The van der Waals surface area contributed by atoms with Crippen LogP contribution in [0.25, 0.3) is 0 Å². The van der Waals surface area contributed by atoms with Crippen molar-refractivity contribution in [1.29, 1.82) is 0 Å². The molecular weight excluding hydrogens is 208 g/mol. The largest absolute Gasteiger partial charge is 0.479 e. The summed E-state index contributed by atoms with van der Waals surface area (Å²) in [6.07, 6.45) is 5.90. The molecular formula is C11H14N2O3. The third kappa shape index (κ3) is 1.85. The smallest absolute Gasteiger partial charge is 0.341 e. The zero-order valence-electron chi connectivity index (χ0n) is 9.14. The Kier molecular flexibility index (Phi) is 3.03. The number of nitrogens with zero attached hydrogens (tertiary/aromatic N) is 2. The second-order valence-corrected chi connectivity index (χ2v) is 3.97. The summed E-state index contributed by atoms with van der Waals surface area (Å²) in [5.74, 6) is -0.596. The molecule has 1 heterocycles. The SMILES string of the molecule is COc1nncc(C2CCCC2)c1C(=O)O. The average Bonchev–Trinajstić information content (AvgIpc) is 2.81. The Hall–Kier alpha value is -1.65. The van der Waals surface area contributed by atoms with Crippen molar-refractivity contribution >= 4 is 5.97 Å². The Morgan fingerprint density at radius 3 is 2.75 bits per heavy atom. The highest BCUT2D eigenvalue weighted by Crippen LogP contribution is 2.37. The first-order valence-electron chi connectivity index (χ1n) is 5.37. The summed E-state index contributed by atoms with van der Waals surface area (Å²) < 4.78 is 4.95. The standard InChI is InChI=1S/C11H14N2O3/c1-16-10-9(11(14)15)8(6-12-13-10)7-4-2-3-5-7/h6-7H,2-5H2,1H3,(H,14,15). The van der Waals surface area contributed by atoms with E-state index in [2.05, 4.69) is 10.2 Å². The molecule has 0 unspecified atom stereocenters. The maximum absolute atomic E-state index is 11.2. The molecule has 1 aromatic rings. The van der Waals surface area contributed by atoms with E-state index in [0.29, 0.717) is 0 Å². The summed E-state index contributed by atoms with van der Waals surface area (Å²) in [4.78, 5) is 11.2. The van der Waals surface area contributed by atoms with Crippen LogP contribution in [0.4, 0.5) is 0 Å². The molecule has 0 spiro atoms. The molecule has 0 radical (unpaired) electrons. The van der Waals surface area contributed by atoms with Crippen molar-refractivity contribution in [3.63, 3.8) is 0 Å². The lowest BCUT2D eigenvalue weighted by molar-refractivity contribution is 0.0690. The quantitative estimate of drug-likeness (QED) is 0.844. The third-order valence-corrected chi connectivity index (χ3v) is 3.05. The molecule has 5 nitrogen and oxygen atoms in total. The second-order valence-electron chi connectivity index (χ2n) is 3.97. The molecule has 0 amide bonds. The molecule has 1 aromatic heterocycles. The van der Waals surface area contributed by atoms with Crippen molar-refractivity contribution in [3.8, 4) is 5.88 Å².